The number of rotatable bonds is 10. The highest BCUT2D eigenvalue weighted by molar-refractivity contribution is 5.72. The summed E-state index contributed by atoms with van der Waals surface area (Å²) in [5.41, 5.74) is 4.61. The summed E-state index contributed by atoms with van der Waals surface area (Å²) in [5, 5.41) is 0. The van der Waals surface area contributed by atoms with Gasteiger partial charge >= 0.3 is 5.97 Å². The van der Waals surface area contributed by atoms with Crippen molar-refractivity contribution in [1.29, 1.82) is 0 Å². The summed E-state index contributed by atoms with van der Waals surface area (Å²) in [4.78, 5) is 24.9. The van der Waals surface area contributed by atoms with Crippen molar-refractivity contribution in [2.75, 3.05) is 13.2 Å². The molecule has 7 nitrogen and oxygen atoms in total. The first-order valence-electron chi connectivity index (χ1n) is 7.92. The van der Waals surface area contributed by atoms with Gasteiger partial charge in [-0.1, -0.05) is 0 Å². The normalized spacial score (nSPS) is 11.3. The highest BCUT2D eigenvalue weighted by Gasteiger charge is 2.04. The zero-order chi connectivity index (χ0) is 17.0. The molecule has 0 aliphatic carbocycles. The quantitative estimate of drug-likeness (QED) is 0.410. The fraction of sp³-hybridized carbons (Fsp3) is 0.353. The lowest BCUT2D eigenvalue weighted by Gasteiger charge is -2.11. The van der Waals surface area contributed by atoms with E-state index >= 15 is 0 Å². The van der Waals surface area contributed by atoms with E-state index in [4.69, 9.17) is 9.57 Å². The Kier molecular flexibility index (Phi) is 7.49. The molecule has 128 valence electrons. The largest absolute Gasteiger partial charge is 0.466 e. The van der Waals surface area contributed by atoms with Crippen LogP contribution in [0.2, 0.25) is 0 Å². The molecule has 0 amide bonds. The second kappa shape index (κ2) is 10.2. The average molecular weight is 330 g/mol. The van der Waals surface area contributed by atoms with E-state index < -0.39 is 0 Å². The van der Waals surface area contributed by atoms with Crippen molar-refractivity contribution in [3.05, 3.63) is 48.8 Å². The SMILES string of the molecule is CCOC(=O)CCCCONC(=Cn1ccnc1)c1cccnc1. The fourth-order valence-electron chi connectivity index (χ4n) is 1.98. The lowest BCUT2D eigenvalue weighted by Crippen LogP contribution is -2.15. The number of ether oxygens (including phenoxy) is 1. The first kappa shape index (κ1) is 17.7. The Morgan fingerprint density at radius 2 is 2.25 bits per heavy atom. The molecular formula is C17H22N4O3. The third-order valence-corrected chi connectivity index (χ3v) is 3.14. The number of hydroxylamine groups is 1. The maximum Gasteiger partial charge on any atom is 0.305 e. The second-order valence-corrected chi connectivity index (χ2v) is 5.01. The molecule has 0 atom stereocenters. The minimum atomic E-state index is -0.165. The molecule has 0 saturated carbocycles. The average Bonchev–Trinajstić information content (AvgIpc) is 3.11. The Labute approximate surface area is 141 Å². The summed E-state index contributed by atoms with van der Waals surface area (Å²) < 4.78 is 6.70. The molecule has 2 rings (SSSR count). The highest BCUT2D eigenvalue weighted by Crippen LogP contribution is 2.11. The summed E-state index contributed by atoms with van der Waals surface area (Å²) in [7, 11) is 0. The second-order valence-electron chi connectivity index (χ2n) is 5.01. The van der Waals surface area contributed by atoms with Gasteiger partial charge in [-0.2, -0.15) is 0 Å². The molecule has 0 aliphatic heterocycles. The van der Waals surface area contributed by atoms with Crippen molar-refractivity contribution in [2.24, 2.45) is 0 Å². The monoisotopic (exact) mass is 330 g/mol. The van der Waals surface area contributed by atoms with Gasteiger partial charge in [-0.25, -0.2) is 4.98 Å². The third-order valence-electron chi connectivity index (χ3n) is 3.14. The van der Waals surface area contributed by atoms with E-state index in [2.05, 4.69) is 15.4 Å². The van der Waals surface area contributed by atoms with Gasteiger partial charge in [-0.15, -0.1) is 0 Å². The number of unbranched alkanes of at least 4 members (excludes halogenated alkanes) is 1. The van der Waals surface area contributed by atoms with Crippen LogP contribution in [0.15, 0.2) is 43.2 Å². The molecule has 1 N–H and O–H groups in total. The van der Waals surface area contributed by atoms with Crippen LogP contribution in [0.4, 0.5) is 0 Å². The number of carbonyl (C=O) groups excluding carboxylic acids is 1. The van der Waals surface area contributed by atoms with Gasteiger partial charge in [0, 0.05) is 43.0 Å². The van der Waals surface area contributed by atoms with Gasteiger partial charge in [0.15, 0.2) is 0 Å². The Balaban J connectivity index is 1.81. The van der Waals surface area contributed by atoms with Crippen LogP contribution in [0.1, 0.15) is 31.7 Å². The minimum absolute atomic E-state index is 0.165. The Hall–Kier alpha value is -2.67. The van der Waals surface area contributed by atoms with Gasteiger partial charge in [0.2, 0.25) is 0 Å². The van der Waals surface area contributed by atoms with Crippen LogP contribution < -0.4 is 5.48 Å². The predicted molar refractivity (Wildman–Crippen MR) is 90.2 cm³/mol. The molecule has 7 heteroatoms. The predicted octanol–water partition coefficient (Wildman–Crippen LogP) is 2.49. The number of pyridine rings is 1. The van der Waals surface area contributed by atoms with Crippen LogP contribution in [0.25, 0.3) is 11.9 Å². The summed E-state index contributed by atoms with van der Waals surface area (Å²) in [6, 6.07) is 3.80. The highest BCUT2D eigenvalue weighted by atomic mass is 16.6. The number of carbonyl (C=O) groups is 1. The van der Waals surface area contributed by atoms with Crippen molar-refractivity contribution >= 4 is 17.9 Å². The van der Waals surface area contributed by atoms with Gasteiger partial charge in [-0.3, -0.25) is 20.1 Å². The maximum absolute atomic E-state index is 11.2. The number of aromatic nitrogens is 3. The summed E-state index contributed by atoms with van der Waals surface area (Å²) in [6.45, 7) is 2.71. The molecule has 0 spiro atoms. The minimum Gasteiger partial charge on any atom is -0.466 e. The Morgan fingerprint density at radius 3 is 2.96 bits per heavy atom. The third kappa shape index (κ3) is 6.21. The van der Waals surface area contributed by atoms with E-state index in [1.54, 1.807) is 31.8 Å². The first-order valence-corrected chi connectivity index (χ1v) is 7.92. The standard InChI is InChI=1S/C17H22N4O3/c1-2-23-17(22)7-3-4-11-24-20-16(13-21-10-9-19-14-21)15-6-5-8-18-12-15/h5-6,8-10,12-14,20H,2-4,7,11H2,1H3. The van der Waals surface area contributed by atoms with E-state index in [0.29, 0.717) is 19.6 Å². The number of esters is 1. The molecule has 0 radical (unpaired) electrons. The Morgan fingerprint density at radius 1 is 1.33 bits per heavy atom. The van der Waals surface area contributed by atoms with E-state index in [9.17, 15) is 4.79 Å². The van der Waals surface area contributed by atoms with Crippen LogP contribution in [0.5, 0.6) is 0 Å². The van der Waals surface area contributed by atoms with Crippen molar-refractivity contribution in [3.63, 3.8) is 0 Å². The molecule has 0 fully saturated rings. The fourth-order valence-corrected chi connectivity index (χ4v) is 1.98. The van der Waals surface area contributed by atoms with Gasteiger partial charge < -0.3 is 9.30 Å². The van der Waals surface area contributed by atoms with Crippen LogP contribution in [0, 0.1) is 0 Å². The van der Waals surface area contributed by atoms with Crippen LogP contribution in [0.3, 0.4) is 0 Å². The topological polar surface area (TPSA) is 78.3 Å². The molecule has 0 bridgehead atoms. The molecule has 2 aromatic heterocycles. The van der Waals surface area contributed by atoms with E-state index in [0.717, 1.165) is 24.1 Å². The van der Waals surface area contributed by atoms with Gasteiger partial charge in [0.05, 0.1) is 25.2 Å². The molecule has 0 aromatic carbocycles. The molecule has 0 aliphatic rings. The summed E-state index contributed by atoms with van der Waals surface area (Å²) in [6.07, 6.45) is 12.5. The van der Waals surface area contributed by atoms with Crippen LogP contribution >= 0.6 is 0 Å². The smallest absolute Gasteiger partial charge is 0.305 e. The molecule has 0 saturated heterocycles. The molecule has 2 aromatic rings. The lowest BCUT2D eigenvalue weighted by molar-refractivity contribution is -0.143. The van der Waals surface area contributed by atoms with Crippen molar-refractivity contribution in [3.8, 4) is 0 Å². The molecule has 2 heterocycles. The van der Waals surface area contributed by atoms with Crippen LogP contribution in [-0.4, -0.2) is 33.7 Å². The number of hydrogen-bond acceptors (Lipinski definition) is 6. The molecular weight excluding hydrogens is 308 g/mol. The zero-order valence-corrected chi connectivity index (χ0v) is 13.7. The van der Waals surface area contributed by atoms with E-state index in [1.807, 2.05) is 29.1 Å². The van der Waals surface area contributed by atoms with Crippen molar-refractivity contribution in [2.45, 2.75) is 26.2 Å². The number of hydrogen-bond donors (Lipinski definition) is 1. The summed E-state index contributed by atoms with van der Waals surface area (Å²) >= 11 is 0. The number of imidazole rings is 1. The summed E-state index contributed by atoms with van der Waals surface area (Å²) in [5.74, 6) is -0.165. The van der Waals surface area contributed by atoms with Crippen LogP contribution in [-0.2, 0) is 14.4 Å². The number of nitrogens with one attached hydrogen (secondary N) is 1. The van der Waals surface area contributed by atoms with Gasteiger partial charge in [-0.05, 0) is 31.9 Å². The van der Waals surface area contributed by atoms with Gasteiger partial charge in [0.1, 0.15) is 0 Å². The number of nitrogens with zero attached hydrogens (tertiary/aromatic N) is 3. The van der Waals surface area contributed by atoms with Crippen molar-refractivity contribution < 1.29 is 14.4 Å². The van der Waals surface area contributed by atoms with E-state index in [1.165, 1.54) is 0 Å². The van der Waals surface area contributed by atoms with Gasteiger partial charge in [0.25, 0.3) is 0 Å². The Bertz CT molecular complexity index is 627. The molecule has 24 heavy (non-hydrogen) atoms. The van der Waals surface area contributed by atoms with Crippen molar-refractivity contribution in [1.82, 2.24) is 20.0 Å². The zero-order valence-electron chi connectivity index (χ0n) is 13.7. The maximum atomic E-state index is 11.2. The molecule has 0 unspecified atom stereocenters. The lowest BCUT2D eigenvalue weighted by atomic mass is 10.2. The van der Waals surface area contributed by atoms with E-state index in [-0.39, 0.29) is 5.97 Å². The first-order chi connectivity index (χ1) is 11.8.